The largest absolute Gasteiger partial charge is 0.756 e. The second-order valence-corrected chi connectivity index (χ2v) is 22.6. The molecule has 9 nitrogen and oxygen atoms in total. The van der Waals surface area contributed by atoms with Gasteiger partial charge in [-0.3, -0.25) is 14.2 Å². The number of unbranched alkanes of at least 4 members (excludes halogenated alkanes) is 31. The van der Waals surface area contributed by atoms with Gasteiger partial charge in [0.05, 0.1) is 33.8 Å². The Kier molecular flexibility index (Phi) is 49.6. The van der Waals surface area contributed by atoms with Crippen LogP contribution in [-0.2, 0) is 27.9 Å². The van der Waals surface area contributed by atoms with E-state index in [0.29, 0.717) is 23.9 Å². The molecule has 1 N–H and O–H groups in total. The number of phosphoric acid groups is 1. The number of ether oxygens (including phenoxy) is 1. The number of esters is 1. The van der Waals surface area contributed by atoms with Crippen LogP contribution in [-0.4, -0.2) is 69.4 Å². The van der Waals surface area contributed by atoms with Gasteiger partial charge in [0.1, 0.15) is 19.3 Å². The zero-order valence-electron chi connectivity index (χ0n) is 47.2. The molecule has 0 aliphatic heterocycles. The maximum absolute atomic E-state index is 13.5. The number of quaternary nitrogens is 1. The Morgan fingerprint density at radius 3 is 1.38 bits per heavy atom. The fourth-order valence-corrected chi connectivity index (χ4v) is 9.12. The summed E-state index contributed by atoms with van der Waals surface area (Å²) in [5.41, 5.74) is 0. The molecule has 0 aromatic rings. The molecule has 0 fully saturated rings. The van der Waals surface area contributed by atoms with Crippen molar-refractivity contribution in [3.8, 4) is 0 Å². The maximum Gasteiger partial charge on any atom is 0.306 e. The van der Waals surface area contributed by atoms with Gasteiger partial charge in [0.25, 0.3) is 7.82 Å². The fourth-order valence-electron chi connectivity index (χ4n) is 8.40. The minimum absolute atomic E-state index is 0.0272. The summed E-state index contributed by atoms with van der Waals surface area (Å²) in [5, 5.41) is 3.02. The highest BCUT2D eigenvalue weighted by Gasteiger charge is 2.27. The third-order valence-corrected chi connectivity index (χ3v) is 14.0. The third kappa shape index (κ3) is 52.4. The summed E-state index contributed by atoms with van der Waals surface area (Å²) in [5.74, 6) is -0.564. The molecule has 0 aliphatic carbocycles. The molecular weight excluding hydrogens is 904 g/mol. The molecule has 0 saturated carbocycles. The Bertz CT molecular complexity index is 1400. The van der Waals surface area contributed by atoms with E-state index in [0.717, 1.165) is 83.5 Å². The van der Waals surface area contributed by atoms with Crippen LogP contribution in [0.25, 0.3) is 0 Å². The minimum atomic E-state index is -4.70. The van der Waals surface area contributed by atoms with E-state index in [2.05, 4.69) is 74.7 Å². The van der Waals surface area contributed by atoms with Crippen LogP contribution >= 0.6 is 7.82 Å². The zero-order chi connectivity index (χ0) is 52.2. The first-order valence-corrected chi connectivity index (χ1v) is 31.1. The molecule has 0 aliphatic rings. The second kappa shape index (κ2) is 51.2. The average molecular weight is 1020 g/mol. The normalized spacial score (nSPS) is 14.2. The summed E-state index contributed by atoms with van der Waals surface area (Å²) < 4.78 is 30.2. The van der Waals surface area contributed by atoms with E-state index >= 15 is 0 Å². The lowest BCUT2D eigenvalue weighted by atomic mass is 10.0. The summed E-state index contributed by atoms with van der Waals surface area (Å²) in [6, 6.07) is -0.898. The number of hydrogen-bond donors (Lipinski definition) is 1. The van der Waals surface area contributed by atoms with Crippen molar-refractivity contribution in [1.29, 1.82) is 0 Å². The Hall–Kier alpha value is -2.29. The van der Waals surface area contributed by atoms with Crippen LogP contribution in [0.3, 0.4) is 0 Å². The van der Waals surface area contributed by atoms with Crippen LogP contribution in [0.1, 0.15) is 265 Å². The minimum Gasteiger partial charge on any atom is -0.756 e. The third-order valence-electron chi connectivity index (χ3n) is 13.0. The molecule has 0 heterocycles. The van der Waals surface area contributed by atoms with Gasteiger partial charge in [-0.15, -0.1) is 0 Å². The van der Waals surface area contributed by atoms with Crippen molar-refractivity contribution in [3.63, 3.8) is 0 Å². The number of rotatable bonds is 53. The molecule has 0 bridgehead atoms. The summed E-state index contributed by atoms with van der Waals surface area (Å²) in [7, 11) is 1.17. The van der Waals surface area contributed by atoms with Gasteiger partial charge in [-0.1, -0.05) is 236 Å². The van der Waals surface area contributed by atoms with Crippen LogP contribution in [0, 0.1) is 0 Å². The Morgan fingerprint density at radius 2 is 0.915 bits per heavy atom. The number of carbonyl (C=O) groups excluding carboxylic acids is 2. The molecule has 0 rings (SSSR count). The summed E-state index contributed by atoms with van der Waals surface area (Å²) in [6.07, 6.45) is 63.3. The monoisotopic (exact) mass is 1020 g/mol. The summed E-state index contributed by atoms with van der Waals surface area (Å²) in [4.78, 5) is 39.9. The molecule has 3 atom stereocenters. The molecule has 414 valence electrons. The van der Waals surface area contributed by atoms with E-state index in [-0.39, 0.29) is 24.9 Å². The lowest BCUT2D eigenvalue weighted by molar-refractivity contribution is -0.870. The average Bonchev–Trinajstić information content (AvgIpc) is 3.33. The highest BCUT2D eigenvalue weighted by atomic mass is 31.2. The van der Waals surface area contributed by atoms with Crippen LogP contribution in [0.4, 0.5) is 0 Å². The predicted molar refractivity (Wildman–Crippen MR) is 302 cm³/mol. The summed E-state index contributed by atoms with van der Waals surface area (Å²) in [6.45, 7) is 6.70. The van der Waals surface area contributed by atoms with Gasteiger partial charge in [0, 0.05) is 12.8 Å². The highest BCUT2D eigenvalue weighted by Crippen LogP contribution is 2.38. The standard InChI is InChI=1S/C61H113N2O7P/c1-7-10-13-16-19-22-25-28-29-30-31-32-33-36-38-41-44-47-50-53-60(64)62-58(57-69-71(66,67)68-56-55-63(4,5)6)59(52-49-46-43-40-37-34-26-23-20-17-14-11-8-2)70-61(65)54-51-48-45-42-39-35-27-24-21-18-15-12-9-3/h12,15,18,21,24,27-29,49,52,58-59H,7-11,13-14,16-17,19-20,22-23,25-26,30-48,50-51,53-57H2,1-6H3,(H-,62,64,66,67)/b15-12+,21-18+,27-24-,29-28+,52-49-. The second-order valence-electron chi connectivity index (χ2n) is 21.2. The van der Waals surface area contributed by atoms with Crippen molar-refractivity contribution in [2.75, 3.05) is 40.9 Å². The Labute approximate surface area is 439 Å². The number of phosphoric ester groups is 1. The first-order chi connectivity index (χ1) is 34.4. The van der Waals surface area contributed by atoms with E-state index in [1.807, 2.05) is 33.3 Å². The predicted octanol–water partition coefficient (Wildman–Crippen LogP) is 17.3. The molecule has 10 heteroatoms. The number of likely N-dealkylation sites (N-methyl/N-ethyl adjacent to an activating group) is 1. The first kappa shape index (κ1) is 68.7. The van der Waals surface area contributed by atoms with Crippen LogP contribution in [0.2, 0.25) is 0 Å². The van der Waals surface area contributed by atoms with Gasteiger partial charge in [-0.2, -0.15) is 0 Å². The van der Waals surface area contributed by atoms with E-state index < -0.39 is 26.6 Å². The van der Waals surface area contributed by atoms with Crippen molar-refractivity contribution >= 4 is 19.7 Å². The topological polar surface area (TPSA) is 114 Å². The van der Waals surface area contributed by atoms with Gasteiger partial charge in [0.2, 0.25) is 5.91 Å². The Morgan fingerprint density at radius 1 is 0.507 bits per heavy atom. The number of hydrogen-bond acceptors (Lipinski definition) is 7. The van der Waals surface area contributed by atoms with E-state index in [4.69, 9.17) is 13.8 Å². The van der Waals surface area contributed by atoms with E-state index in [1.165, 1.54) is 141 Å². The molecule has 0 aromatic carbocycles. The van der Waals surface area contributed by atoms with Gasteiger partial charge in [0.15, 0.2) is 0 Å². The van der Waals surface area contributed by atoms with Crippen molar-refractivity contribution < 1.29 is 37.3 Å². The van der Waals surface area contributed by atoms with Gasteiger partial charge < -0.3 is 28.5 Å². The number of nitrogens with one attached hydrogen (secondary N) is 1. The molecule has 1 amide bonds. The fraction of sp³-hybridized carbons (Fsp3) is 0.803. The molecular formula is C61H113N2O7P. The molecule has 71 heavy (non-hydrogen) atoms. The molecule has 0 aromatic heterocycles. The van der Waals surface area contributed by atoms with Gasteiger partial charge in [-0.05, 0) is 76.7 Å². The maximum atomic E-state index is 13.5. The lowest BCUT2D eigenvalue weighted by Gasteiger charge is -2.30. The smallest absolute Gasteiger partial charge is 0.306 e. The quantitative estimate of drug-likeness (QED) is 0.0161. The van der Waals surface area contributed by atoms with Crippen LogP contribution in [0.5, 0.6) is 0 Å². The van der Waals surface area contributed by atoms with E-state index in [1.54, 1.807) is 0 Å². The molecule has 3 unspecified atom stereocenters. The number of nitrogens with zero attached hydrogens (tertiary/aromatic N) is 1. The number of amides is 1. The zero-order valence-corrected chi connectivity index (χ0v) is 48.1. The van der Waals surface area contributed by atoms with Crippen molar-refractivity contribution in [2.24, 2.45) is 0 Å². The van der Waals surface area contributed by atoms with Gasteiger partial charge >= 0.3 is 5.97 Å². The van der Waals surface area contributed by atoms with Crippen molar-refractivity contribution in [3.05, 3.63) is 60.8 Å². The molecule has 0 spiro atoms. The van der Waals surface area contributed by atoms with Gasteiger partial charge in [-0.25, -0.2) is 0 Å². The highest BCUT2D eigenvalue weighted by molar-refractivity contribution is 7.45. The lowest BCUT2D eigenvalue weighted by Crippen LogP contribution is -2.47. The SMILES string of the molecule is CC/C=C/C=C/C=C\CCCCCCCC(=O)OC(/C=C\CCCCCCCCCCCCC)C(COP(=O)([O-])OCC[N+](C)(C)C)NC(=O)CCCCCCCCCCC/C=C/CCCCCCCC. The van der Waals surface area contributed by atoms with Crippen LogP contribution < -0.4 is 10.2 Å². The Balaban J connectivity index is 5.31. The van der Waals surface area contributed by atoms with Crippen molar-refractivity contribution in [1.82, 2.24) is 5.32 Å². The summed E-state index contributed by atoms with van der Waals surface area (Å²) >= 11 is 0. The van der Waals surface area contributed by atoms with E-state index in [9.17, 15) is 19.0 Å². The number of carbonyl (C=O) groups is 2. The van der Waals surface area contributed by atoms with Crippen molar-refractivity contribution in [2.45, 2.75) is 277 Å². The molecule has 0 saturated heterocycles. The number of allylic oxidation sites excluding steroid dienone is 9. The van der Waals surface area contributed by atoms with Crippen LogP contribution in [0.15, 0.2) is 60.8 Å². The molecule has 0 radical (unpaired) electrons. The first-order valence-electron chi connectivity index (χ1n) is 29.6.